The summed E-state index contributed by atoms with van der Waals surface area (Å²) >= 11 is 0. The second-order valence-corrected chi connectivity index (χ2v) is 13.7. The lowest BCUT2D eigenvalue weighted by Crippen LogP contribution is -2.44. The van der Waals surface area contributed by atoms with E-state index in [2.05, 4.69) is 20.0 Å². The minimum Gasteiger partial charge on any atom is -0.479 e. The number of nitrogens with zero attached hydrogens (tertiary/aromatic N) is 4. The summed E-state index contributed by atoms with van der Waals surface area (Å²) in [6, 6.07) is 20.6. The van der Waals surface area contributed by atoms with Crippen molar-refractivity contribution in [3.63, 3.8) is 0 Å². The van der Waals surface area contributed by atoms with Gasteiger partial charge in [0.05, 0.1) is 20.0 Å². The van der Waals surface area contributed by atoms with Crippen LogP contribution < -0.4 is 14.3 Å². The third kappa shape index (κ3) is 7.02. The van der Waals surface area contributed by atoms with Crippen LogP contribution in [0.3, 0.4) is 0 Å². The Morgan fingerprint density at radius 1 is 1.08 bits per heavy atom. The van der Waals surface area contributed by atoms with Gasteiger partial charge in [0.15, 0.2) is 17.4 Å². The van der Waals surface area contributed by atoms with Crippen molar-refractivity contribution in [2.45, 2.75) is 63.9 Å². The van der Waals surface area contributed by atoms with Crippen LogP contribution in [0.4, 0.5) is 0 Å². The van der Waals surface area contributed by atoms with E-state index in [-0.39, 0.29) is 11.6 Å². The van der Waals surface area contributed by atoms with Crippen LogP contribution in [0.1, 0.15) is 44.5 Å². The van der Waals surface area contributed by atoms with Gasteiger partial charge in [0.2, 0.25) is 5.88 Å². The number of ether oxygens (including phenoxy) is 3. The highest BCUT2D eigenvalue weighted by atomic mass is 31.2. The molecule has 2 aromatic heterocycles. The average molecular weight is 692 g/mol. The molecule has 1 fully saturated rings. The highest BCUT2D eigenvalue weighted by molar-refractivity contribution is 7.52. The van der Waals surface area contributed by atoms with E-state index in [0.717, 1.165) is 10.9 Å². The van der Waals surface area contributed by atoms with Crippen molar-refractivity contribution >= 4 is 35.7 Å². The van der Waals surface area contributed by atoms with Gasteiger partial charge in [0.1, 0.15) is 41.5 Å². The molecule has 0 bridgehead atoms. The van der Waals surface area contributed by atoms with Crippen molar-refractivity contribution in [3.8, 4) is 11.6 Å². The van der Waals surface area contributed by atoms with Gasteiger partial charge in [-0.2, -0.15) is 10.1 Å². The quantitative estimate of drug-likeness (QED) is 0.120. The molecule has 0 spiro atoms. The molecule has 3 heterocycles. The zero-order valence-corrected chi connectivity index (χ0v) is 28.5. The first-order chi connectivity index (χ1) is 23.4. The van der Waals surface area contributed by atoms with Crippen LogP contribution in [0.5, 0.6) is 11.6 Å². The van der Waals surface area contributed by atoms with Crippen molar-refractivity contribution in [2.24, 2.45) is 0 Å². The van der Waals surface area contributed by atoms with Crippen LogP contribution in [0.2, 0.25) is 0 Å². The Kier molecular flexibility index (Phi) is 9.72. The Morgan fingerprint density at radius 3 is 2.55 bits per heavy atom. The number of nitrogens with one attached hydrogen (secondary N) is 1. The molecule has 2 unspecified atom stereocenters. The Morgan fingerprint density at radius 2 is 1.80 bits per heavy atom. The Bertz CT molecular complexity index is 2000. The van der Waals surface area contributed by atoms with Crippen LogP contribution in [0, 0.1) is 6.92 Å². The lowest BCUT2D eigenvalue weighted by atomic mass is 9.96. The topological polar surface area (TPSA) is 176 Å². The molecule has 1 aliphatic heterocycles. The second kappa shape index (κ2) is 13.8. The number of methoxy groups -OCH3 is 1. The SMILES string of the molecule is COc1nc(C)nc2c1ncn2C1O[C@H](COP(=O)(N[C@@H](C)C(=O)O[C@@H](C)c2ccccc2)Oc2cccc3ccccc23)[C@@H](O)[C@@]1(C)O. The van der Waals surface area contributed by atoms with E-state index >= 15 is 0 Å². The maximum Gasteiger partial charge on any atom is 0.459 e. The van der Waals surface area contributed by atoms with Crippen molar-refractivity contribution in [2.75, 3.05) is 13.7 Å². The van der Waals surface area contributed by atoms with Crippen LogP contribution in [0.25, 0.3) is 21.9 Å². The maximum atomic E-state index is 14.5. The number of hydrogen-bond donors (Lipinski definition) is 3. The second-order valence-electron chi connectivity index (χ2n) is 12.0. The number of imidazole rings is 1. The summed E-state index contributed by atoms with van der Waals surface area (Å²) in [6.45, 7) is 5.78. The van der Waals surface area contributed by atoms with Crippen LogP contribution >= 0.6 is 7.75 Å². The van der Waals surface area contributed by atoms with Gasteiger partial charge in [0, 0.05) is 5.39 Å². The van der Waals surface area contributed by atoms with Crippen LogP contribution in [0.15, 0.2) is 79.1 Å². The molecule has 49 heavy (non-hydrogen) atoms. The fourth-order valence-corrected chi connectivity index (χ4v) is 7.23. The number of carbonyl (C=O) groups is 1. The number of hydrogen-bond acceptors (Lipinski definition) is 12. The summed E-state index contributed by atoms with van der Waals surface area (Å²) in [7, 11) is -2.95. The molecule has 3 aromatic carbocycles. The Balaban J connectivity index is 1.25. The third-order valence-electron chi connectivity index (χ3n) is 8.35. The van der Waals surface area contributed by atoms with E-state index in [0.29, 0.717) is 22.4 Å². The summed E-state index contributed by atoms with van der Waals surface area (Å²) in [5, 5.41) is 26.9. The number of rotatable bonds is 12. The Hall–Kier alpha value is -4.43. The van der Waals surface area contributed by atoms with E-state index in [1.807, 2.05) is 54.6 Å². The fraction of sp³-hybridized carbons (Fsp3) is 0.353. The van der Waals surface area contributed by atoms with E-state index in [1.54, 1.807) is 32.0 Å². The molecule has 3 N–H and O–H groups in total. The smallest absolute Gasteiger partial charge is 0.459 e. The van der Waals surface area contributed by atoms with Crippen molar-refractivity contribution < 1.29 is 42.8 Å². The van der Waals surface area contributed by atoms with Gasteiger partial charge < -0.3 is 28.9 Å². The van der Waals surface area contributed by atoms with E-state index < -0.39 is 56.5 Å². The monoisotopic (exact) mass is 691 g/mol. The number of aromatic nitrogens is 4. The fourth-order valence-electron chi connectivity index (χ4n) is 5.71. The molecular weight excluding hydrogens is 653 g/mol. The van der Waals surface area contributed by atoms with Gasteiger partial charge in [-0.05, 0) is 44.7 Å². The third-order valence-corrected chi connectivity index (χ3v) is 9.98. The predicted octanol–water partition coefficient (Wildman–Crippen LogP) is 4.79. The minimum atomic E-state index is -4.41. The number of aliphatic hydroxyl groups excluding tert-OH is 1. The molecule has 0 saturated carbocycles. The number of aryl methyl sites for hydroxylation is 1. The molecule has 1 saturated heterocycles. The number of aliphatic hydroxyl groups is 2. The van der Waals surface area contributed by atoms with E-state index in [4.69, 9.17) is 23.3 Å². The largest absolute Gasteiger partial charge is 0.479 e. The normalized spacial score (nSPS) is 23.2. The van der Waals surface area contributed by atoms with E-state index in [9.17, 15) is 19.6 Å². The standard InChI is InChI=1S/C34H38N5O9P/c1-20(32(41)46-21(2)23-12-7-6-8-13-23)38-49(43,48-26-17-11-15-24-14-9-10-16-25(24)26)45-18-27-29(40)34(4,42)33(47-27)39-19-35-28-30(39)36-22(3)37-31(28)44-5/h6-17,19-21,27,29,33,40,42H,18H2,1-5H3,(H,38,43)/t20-,21-,27+,29+,33?,34+,49?/m0/s1. The summed E-state index contributed by atoms with van der Waals surface area (Å²) in [4.78, 5) is 26.2. The van der Waals surface area contributed by atoms with Crippen molar-refractivity contribution in [1.29, 1.82) is 0 Å². The highest BCUT2D eigenvalue weighted by Gasteiger charge is 2.54. The number of fused-ring (bicyclic) bond motifs is 2. The van der Waals surface area contributed by atoms with Crippen LogP contribution in [-0.2, 0) is 23.4 Å². The first-order valence-electron chi connectivity index (χ1n) is 15.7. The van der Waals surface area contributed by atoms with Crippen molar-refractivity contribution in [3.05, 3.63) is 90.5 Å². The summed E-state index contributed by atoms with van der Waals surface area (Å²) in [5.74, 6) is 0.177. The molecule has 1 aliphatic rings. The molecule has 7 atom stereocenters. The predicted molar refractivity (Wildman–Crippen MR) is 179 cm³/mol. The van der Waals surface area contributed by atoms with Gasteiger partial charge in [-0.25, -0.2) is 14.5 Å². The molecule has 15 heteroatoms. The molecule has 5 aromatic rings. The summed E-state index contributed by atoms with van der Waals surface area (Å²) < 4.78 is 45.0. The molecule has 258 valence electrons. The molecule has 0 amide bonds. The van der Waals surface area contributed by atoms with Crippen molar-refractivity contribution in [1.82, 2.24) is 24.6 Å². The number of carbonyl (C=O) groups excluding carboxylic acids is 1. The first kappa shape index (κ1) is 34.4. The highest BCUT2D eigenvalue weighted by Crippen LogP contribution is 2.48. The first-order valence-corrected chi connectivity index (χ1v) is 17.2. The number of benzene rings is 3. The van der Waals surface area contributed by atoms with Crippen LogP contribution in [-0.4, -0.2) is 73.3 Å². The lowest BCUT2D eigenvalue weighted by molar-refractivity contribution is -0.150. The molecule has 0 radical (unpaired) electrons. The average Bonchev–Trinajstić information content (AvgIpc) is 3.60. The van der Waals surface area contributed by atoms with E-state index in [1.165, 1.54) is 31.9 Å². The Labute approximate surface area is 282 Å². The van der Waals surface area contributed by atoms with Gasteiger partial charge in [-0.3, -0.25) is 13.9 Å². The van der Waals surface area contributed by atoms with Gasteiger partial charge in [-0.15, -0.1) is 0 Å². The zero-order valence-electron chi connectivity index (χ0n) is 27.6. The van der Waals surface area contributed by atoms with Gasteiger partial charge in [0.25, 0.3) is 0 Å². The maximum absolute atomic E-state index is 14.5. The zero-order chi connectivity index (χ0) is 34.9. The number of esters is 1. The molecule has 0 aliphatic carbocycles. The molecule has 14 nitrogen and oxygen atoms in total. The van der Waals surface area contributed by atoms with Gasteiger partial charge in [-0.1, -0.05) is 66.7 Å². The molecule has 6 rings (SSSR count). The summed E-state index contributed by atoms with van der Waals surface area (Å²) in [5.41, 5.74) is -0.436. The minimum absolute atomic E-state index is 0.235. The molecular formula is C34H38N5O9P. The lowest BCUT2D eigenvalue weighted by Gasteiger charge is -2.27. The van der Waals surface area contributed by atoms with Gasteiger partial charge >= 0.3 is 13.7 Å². The summed E-state index contributed by atoms with van der Waals surface area (Å²) in [6.07, 6.45) is -3.07.